The van der Waals surface area contributed by atoms with Gasteiger partial charge >= 0.3 is 5.97 Å². The van der Waals surface area contributed by atoms with Gasteiger partial charge in [0.2, 0.25) is 0 Å². The molecule has 4 nitrogen and oxygen atoms in total. The Kier molecular flexibility index (Phi) is 2.91. The van der Waals surface area contributed by atoms with Crippen LogP contribution >= 0.6 is 0 Å². The highest BCUT2D eigenvalue weighted by molar-refractivity contribution is 5.98. The Labute approximate surface area is 115 Å². The number of hydrogen-bond donors (Lipinski definition) is 2. The summed E-state index contributed by atoms with van der Waals surface area (Å²) in [7, 11) is 1.52. The fourth-order valence-electron chi connectivity index (χ4n) is 2.30. The summed E-state index contributed by atoms with van der Waals surface area (Å²) in [6.07, 6.45) is 1.86. The van der Waals surface area contributed by atoms with Gasteiger partial charge in [-0.3, -0.25) is 0 Å². The molecule has 0 bridgehead atoms. The van der Waals surface area contributed by atoms with Crippen LogP contribution in [0.1, 0.15) is 10.4 Å². The number of carbonyl (C=O) groups is 1. The van der Waals surface area contributed by atoms with Crippen molar-refractivity contribution < 1.29 is 14.6 Å². The highest BCUT2D eigenvalue weighted by Gasteiger charge is 2.13. The van der Waals surface area contributed by atoms with Gasteiger partial charge in [0, 0.05) is 11.7 Å². The molecule has 0 saturated carbocycles. The molecule has 0 amide bonds. The Morgan fingerprint density at radius 3 is 2.75 bits per heavy atom. The normalized spacial score (nSPS) is 10.7. The van der Waals surface area contributed by atoms with Gasteiger partial charge in [-0.15, -0.1) is 0 Å². The maximum absolute atomic E-state index is 11.4. The van der Waals surface area contributed by atoms with E-state index in [1.165, 1.54) is 7.11 Å². The van der Waals surface area contributed by atoms with E-state index >= 15 is 0 Å². The molecule has 100 valence electrons. The van der Waals surface area contributed by atoms with Gasteiger partial charge in [-0.05, 0) is 52.9 Å². The number of H-pyrrole nitrogens is 1. The largest absolute Gasteiger partial charge is 0.497 e. The zero-order valence-corrected chi connectivity index (χ0v) is 10.9. The van der Waals surface area contributed by atoms with E-state index in [2.05, 4.69) is 4.98 Å². The molecule has 3 rings (SSSR count). The van der Waals surface area contributed by atoms with Crippen molar-refractivity contribution in [3.63, 3.8) is 0 Å². The number of nitrogens with one attached hydrogen (secondary N) is 1. The third-order valence-electron chi connectivity index (χ3n) is 3.32. The number of aromatic amines is 1. The molecule has 0 saturated heterocycles. The third-order valence-corrected chi connectivity index (χ3v) is 3.32. The molecular weight excluding hydrogens is 254 g/mol. The summed E-state index contributed by atoms with van der Waals surface area (Å²) in [5.41, 5.74) is 2.82. The number of methoxy groups -OCH3 is 1. The van der Waals surface area contributed by atoms with E-state index in [1.54, 1.807) is 18.2 Å². The summed E-state index contributed by atoms with van der Waals surface area (Å²) in [4.78, 5) is 14.5. The highest BCUT2D eigenvalue weighted by atomic mass is 16.5. The van der Waals surface area contributed by atoms with Gasteiger partial charge in [0.25, 0.3) is 0 Å². The minimum Gasteiger partial charge on any atom is -0.497 e. The smallest absolute Gasteiger partial charge is 0.336 e. The van der Waals surface area contributed by atoms with E-state index in [0.29, 0.717) is 11.3 Å². The van der Waals surface area contributed by atoms with Crippen molar-refractivity contribution in [1.29, 1.82) is 0 Å². The number of carboxylic acids is 1. The second-order valence-electron chi connectivity index (χ2n) is 4.50. The monoisotopic (exact) mass is 267 g/mol. The molecule has 3 aromatic rings. The molecule has 0 radical (unpaired) electrons. The van der Waals surface area contributed by atoms with Crippen LogP contribution in [0.25, 0.3) is 22.0 Å². The maximum Gasteiger partial charge on any atom is 0.336 e. The van der Waals surface area contributed by atoms with Crippen LogP contribution in [0, 0.1) is 0 Å². The molecule has 0 aliphatic rings. The van der Waals surface area contributed by atoms with E-state index in [9.17, 15) is 9.90 Å². The van der Waals surface area contributed by atoms with Crippen molar-refractivity contribution in [3.05, 3.63) is 54.2 Å². The average Bonchev–Trinajstić information content (AvgIpc) is 2.93. The number of fused-ring (bicyclic) bond motifs is 1. The van der Waals surface area contributed by atoms with Gasteiger partial charge in [0.1, 0.15) is 5.75 Å². The minimum absolute atomic E-state index is 0.235. The second kappa shape index (κ2) is 4.74. The number of hydrogen-bond acceptors (Lipinski definition) is 2. The van der Waals surface area contributed by atoms with Gasteiger partial charge in [-0.1, -0.05) is 6.07 Å². The molecule has 20 heavy (non-hydrogen) atoms. The van der Waals surface area contributed by atoms with Gasteiger partial charge in [-0.2, -0.15) is 0 Å². The lowest BCUT2D eigenvalue weighted by atomic mass is 9.98. The summed E-state index contributed by atoms with van der Waals surface area (Å²) >= 11 is 0. The first kappa shape index (κ1) is 12.3. The van der Waals surface area contributed by atoms with E-state index in [-0.39, 0.29) is 5.56 Å². The Morgan fingerprint density at radius 1 is 1.15 bits per heavy atom. The van der Waals surface area contributed by atoms with Crippen molar-refractivity contribution in [1.82, 2.24) is 4.98 Å². The second-order valence-corrected chi connectivity index (χ2v) is 4.50. The van der Waals surface area contributed by atoms with Crippen LogP contribution in [0.3, 0.4) is 0 Å². The molecule has 0 unspecified atom stereocenters. The maximum atomic E-state index is 11.4. The molecule has 0 fully saturated rings. The van der Waals surface area contributed by atoms with Gasteiger partial charge in [0.05, 0.1) is 12.7 Å². The lowest BCUT2D eigenvalue weighted by Gasteiger charge is -2.09. The molecule has 4 heteroatoms. The Morgan fingerprint density at radius 2 is 2.00 bits per heavy atom. The van der Waals surface area contributed by atoms with Gasteiger partial charge in [-0.25, -0.2) is 4.79 Å². The fraction of sp³-hybridized carbons (Fsp3) is 0.0625. The molecule has 1 aromatic heterocycles. The minimum atomic E-state index is -0.965. The molecule has 0 aliphatic heterocycles. The first-order valence-electron chi connectivity index (χ1n) is 6.18. The zero-order chi connectivity index (χ0) is 14.1. The fourth-order valence-corrected chi connectivity index (χ4v) is 2.30. The zero-order valence-electron chi connectivity index (χ0n) is 10.9. The number of rotatable bonds is 3. The van der Waals surface area contributed by atoms with Crippen LogP contribution in [0.15, 0.2) is 48.7 Å². The van der Waals surface area contributed by atoms with Crippen LogP contribution in [0.4, 0.5) is 0 Å². The number of aromatic carboxylic acids is 1. The Bertz CT molecular complexity index is 789. The molecule has 0 spiro atoms. The molecule has 0 atom stereocenters. The number of aromatic nitrogens is 1. The molecule has 2 aromatic carbocycles. The molecule has 1 heterocycles. The lowest BCUT2D eigenvalue weighted by Crippen LogP contribution is -2.00. The standard InChI is InChI=1S/C16H13NO3/c1-20-12-3-4-13(14(9-12)16(18)19)10-2-5-15-11(8-10)6-7-17-15/h2-9,17H,1H3,(H,18,19). The van der Waals surface area contributed by atoms with E-state index < -0.39 is 5.97 Å². The average molecular weight is 267 g/mol. The predicted octanol–water partition coefficient (Wildman–Crippen LogP) is 3.54. The summed E-state index contributed by atoms with van der Waals surface area (Å²) in [5.74, 6) is -0.429. The molecule has 0 aliphatic carbocycles. The van der Waals surface area contributed by atoms with Crippen molar-refractivity contribution in [2.75, 3.05) is 7.11 Å². The van der Waals surface area contributed by atoms with Crippen LogP contribution in [0.2, 0.25) is 0 Å². The van der Waals surface area contributed by atoms with E-state index in [4.69, 9.17) is 4.74 Å². The predicted molar refractivity (Wildman–Crippen MR) is 77.2 cm³/mol. The summed E-state index contributed by atoms with van der Waals surface area (Å²) < 4.78 is 5.09. The topological polar surface area (TPSA) is 62.3 Å². The van der Waals surface area contributed by atoms with Crippen molar-refractivity contribution in [3.8, 4) is 16.9 Å². The van der Waals surface area contributed by atoms with Crippen LogP contribution < -0.4 is 4.74 Å². The Balaban J connectivity index is 2.19. The number of ether oxygens (including phenoxy) is 1. The number of benzene rings is 2. The van der Waals surface area contributed by atoms with Gasteiger partial charge in [0.15, 0.2) is 0 Å². The van der Waals surface area contributed by atoms with Crippen LogP contribution in [-0.4, -0.2) is 23.2 Å². The highest BCUT2D eigenvalue weighted by Crippen LogP contribution is 2.29. The summed E-state index contributed by atoms with van der Waals surface area (Å²) in [6, 6.07) is 12.9. The first-order chi connectivity index (χ1) is 9.69. The van der Waals surface area contributed by atoms with Crippen LogP contribution in [0.5, 0.6) is 5.75 Å². The summed E-state index contributed by atoms with van der Waals surface area (Å²) in [6.45, 7) is 0. The lowest BCUT2D eigenvalue weighted by molar-refractivity contribution is 0.0697. The van der Waals surface area contributed by atoms with E-state index in [1.807, 2.05) is 30.5 Å². The Hall–Kier alpha value is -2.75. The third kappa shape index (κ3) is 2.01. The number of carboxylic acid groups (broad SMARTS) is 1. The summed E-state index contributed by atoms with van der Waals surface area (Å²) in [5, 5.41) is 10.4. The quantitative estimate of drug-likeness (QED) is 0.763. The van der Waals surface area contributed by atoms with Crippen molar-refractivity contribution in [2.24, 2.45) is 0 Å². The van der Waals surface area contributed by atoms with Gasteiger partial charge < -0.3 is 14.8 Å². The van der Waals surface area contributed by atoms with E-state index in [0.717, 1.165) is 16.5 Å². The van der Waals surface area contributed by atoms with Crippen molar-refractivity contribution in [2.45, 2.75) is 0 Å². The SMILES string of the molecule is COc1ccc(-c2ccc3[nH]ccc3c2)c(C(=O)O)c1. The molecular formula is C16H13NO3. The van der Waals surface area contributed by atoms with Crippen LogP contribution in [-0.2, 0) is 0 Å². The first-order valence-corrected chi connectivity index (χ1v) is 6.18. The molecule has 2 N–H and O–H groups in total. The van der Waals surface area contributed by atoms with Crippen molar-refractivity contribution >= 4 is 16.9 Å².